The number of hydrogen-bond acceptors (Lipinski definition) is 2. The molecule has 1 saturated heterocycles. The van der Waals surface area contributed by atoms with Gasteiger partial charge in [0.15, 0.2) is 0 Å². The summed E-state index contributed by atoms with van der Waals surface area (Å²) >= 11 is 9.40. The van der Waals surface area contributed by atoms with E-state index in [1.54, 1.807) is 24.0 Å². The highest BCUT2D eigenvalue weighted by Gasteiger charge is 2.26. The molecule has 4 nitrogen and oxygen atoms in total. The standard InChI is InChI=1S/C14H16BrClN2O2/c1-9(19)18-6-4-10(5-7-18)14(20)17-13-3-2-11(15)8-12(13)16/h2-3,8,10H,4-7H2,1H3,(H,17,20). The van der Waals surface area contributed by atoms with Crippen molar-refractivity contribution in [1.82, 2.24) is 4.90 Å². The maximum Gasteiger partial charge on any atom is 0.227 e. The monoisotopic (exact) mass is 358 g/mol. The summed E-state index contributed by atoms with van der Waals surface area (Å²) in [6.45, 7) is 2.84. The van der Waals surface area contributed by atoms with Crippen molar-refractivity contribution >= 4 is 45.0 Å². The minimum Gasteiger partial charge on any atom is -0.343 e. The molecule has 1 fully saturated rings. The molecule has 0 aliphatic carbocycles. The van der Waals surface area contributed by atoms with Gasteiger partial charge < -0.3 is 10.2 Å². The number of amides is 2. The van der Waals surface area contributed by atoms with E-state index in [0.717, 1.165) is 4.47 Å². The average molecular weight is 360 g/mol. The second kappa shape index (κ2) is 6.59. The summed E-state index contributed by atoms with van der Waals surface area (Å²) in [5.41, 5.74) is 0.619. The fourth-order valence-corrected chi connectivity index (χ4v) is 3.00. The molecule has 0 aromatic heterocycles. The highest BCUT2D eigenvalue weighted by molar-refractivity contribution is 9.10. The van der Waals surface area contributed by atoms with Crippen molar-refractivity contribution in [1.29, 1.82) is 0 Å². The molecular formula is C14H16BrClN2O2. The summed E-state index contributed by atoms with van der Waals surface area (Å²) in [4.78, 5) is 25.2. The van der Waals surface area contributed by atoms with Gasteiger partial charge in [0.05, 0.1) is 10.7 Å². The number of rotatable bonds is 2. The fraction of sp³-hybridized carbons (Fsp3) is 0.429. The highest BCUT2D eigenvalue weighted by Crippen LogP contribution is 2.27. The summed E-state index contributed by atoms with van der Waals surface area (Å²) < 4.78 is 0.871. The van der Waals surface area contributed by atoms with Gasteiger partial charge in [-0.1, -0.05) is 27.5 Å². The van der Waals surface area contributed by atoms with Gasteiger partial charge in [-0.3, -0.25) is 9.59 Å². The first-order valence-corrected chi connectivity index (χ1v) is 7.66. The van der Waals surface area contributed by atoms with Gasteiger partial charge in [0.1, 0.15) is 0 Å². The molecule has 0 atom stereocenters. The molecule has 0 bridgehead atoms. The third kappa shape index (κ3) is 3.73. The predicted octanol–water partition coefficient (Wildman–Crippen LogP) is 3.30. The van der Waals surface area contributed by atoms with E-state index in [0.29, 0.717) is 36.6 Å². The molecular weight excluding hydrogens is 344 g/mol. The maximum atomic E-state index is 12.2. The Bertz CT molecular complexity index is 528. The van der Waals surface area contributed by atoms with Crippen molar-refractivity contribution in [2.45, 2.75) is 19.8 Å². The highest BCUT2D eigenvalue weighted by atomic mass is 79.9. The first kappa shape index (κ1) is 15.3. The van der Waals surface area contributed by atoms with Crippen LogP contribution in [0.1, 0.15) is 19.8 Å². The molecule has 2 rings (SSSR count). The SMILES string of the molecule is CC(=O)N1CCC(C(=O)Nc2ccc(Br)cc2Cl)CC1. The van der Waals surface area contributed by atoms with Crippen LogP contribution in [0, 0.1) is 5.92 Å². The second-order valence-corrected chi connectivity index (χ2v) is 6.22. The van der Waals surface area contributed by atoms with Gasteiger partial charge in [0.2, 0.25) is 11.8 Å². The lowest BCUT2D eigenvalue weighted by atomic mass is 9.96. The fourth-order valence-electron chi connectivity index (χ4n) is 2.28. The Labute approximate surface area is 131 Å². The number of nitrogens with one attached hydrogen (secondary N) is 1. The molecule has 1 aromatic rings. The molecule has 0 unspecified atom stereocenters. The third-order valence-corrected chi connectivity index (χ3v) is 4.31. The summed E-state index contributed by atoms with van der Waals surface area (Å²) in [5, 5.41) is 3.36. The van der Waals surface area contributed by atoms with Crippen LogP contribution < -0.4 is 5.32 Å². The van der Waals surface area contributed by atoms with Crippen LogP contribution in [0.15, 0.2) is 22.7 Å². The summed E-state index contributed by atoms with van der Waals surface area (Å²) in [6.07, 6.45) is 1.39. The quantitative estimate of drug-likeness (QED) is 0.881. The summed E-state index contributed by atoms with van der Waals surface area (Å²) in [7, 11) is 0. The molecule has 0 spiro atoms. The van der Waals surface area contributed by atoms with E-state index in [9.17, 15) is 9.59 Å². The third-order valence-electron chi connectivity index (χ3n) is 3.50. The smallest absolute Gasteiger partial charge is 0.227 e. The minimum absolute atomic E-state index is 0.0302. The molecule has 1 aromatic carbocycles. The lowest BCUT2D eigenvalue weighted by molar-refractivity contribution is -0.132. The molecule has 20 heavy (non-hydrogen) atoms. The largest absolute Gasteiger partial charge is 0.343 e. The Hall–Kier alpha value is -1.07. The zero-order valence-electron chi connectivity index (χ0n) is 11.2. The number of carbonyl (C=O) groups excluding carboxylic acids is 2. The number of piperidine rings is 1. The van der Waals surface area contributed by atoms with Crippen LogP contribution in [0.4, 0.5) is 5.69 Å². The molecule has 108 valence electrons. The van der Waals surface area contributed by atoms with E-state index >= 15 is 0 Å². The first-order chi connectivity index (χ1) is 9.47. The van der Waals surface area contributed by atoms with Gasteiger partial charge in [-0.25, -0.2) is 0 Å². The first-order valence-electron chi connectivity index (χ1n) is 6.49. The van der Waals surface area contributed by atoms with Crippen molar-refractivity contribution < 1.29 is 9.59 Å². The Morgan fingerprint density at radius 1 is 1.35 bits per heavy atom. The van der Waals surface area contributed by atoms with Gasteiger partial charge in [0, 0.05) is 30.4 Å². The molecule has 1 N–H and O–H groups in total. The second-order valence-electron chi connectivity index (χ2n) is 4.89. The van der Waals surface area contributed by atoms with E-state index in [-0.39, 0.29) is 17.7 Å². The van der Waals surface area contributed by atoms with Crippen LogP contribution in [-0.2, 0) is 9.59 Å². The van der Waals surface area contributed by atoms with Gasteiger partial charge in [-0.05, 0) is 31.0 Å². The van der Waals surface area contributed by atoms with Crippen LogP contribution in [0.5, 0.6) is 0 Å². The van der Waals surface area contributed by atoms with Crippen LogP contribution in [-0.4, -0.2) is 29.8 Å². The summed E-state index contributed by atoms with van der Waals surface area (Å²) in [5.74, 6) is -0.0254. The molecule has 6 heteroatoms. The normalized spacial score (nSPS) is 16.1. The zero-order chi connectivity index (χ0) is 14.7. The topological polar surface area (TPSA) is 49.4 Å². The predicted molar refractivity (Wildman–Crippen MR) is 82.8 cm³/mol. The Kier molecular flexibility index (Phi) is 5.05. The Morgan fingerprint density at radius 2 is 2.00 bits per heavy atom. The Balaban J connectivity index is 1.94. The van der Waals surface area contributed by atoms with E-state index in [4.69, 9.17) is 11.6 Å². The number of hydrogen-bond donors (Lipinski definition) is 1. The maximum absolute atomic E-state index is 12.2. The Morgan fingerprint density at radius 3 is 2.55 bits per heavy atom. The summed E-state index contributed by atoms with van der Waals surface area (Å²) in [6, 6.07) is 5.35. The van der Waals surface area contributed by atoms with Crippen LogP contribution in [0.25, 0.3) is 0 Å². The van der Waals surface area contributed by atoms with Crippen molar-refractivity contribution in [3.05, 3.63) is 27.7 Å². The number of nitrogens with zero attached hydrogens (tertiary/aromatic N) is 1. The van der Waals surface area contributed by atoms with E-state index in [1.807, 2.05) is 6.07 Å². The van der Waals surface area contributed by atoms with Gasteiger partial charge in [-0.15, -0.1) is 0 Å². The number of anilines is 1. The molecule has 2 amide bonds. The van der Waals surface area contributed by atoms with Crippen molar-refractivity contribution in [3.8, 4) is 0 Å². The van der Waals surface area contributed by atoms with Crippen LogP contribution in [0.3, 0.4) is 0 Å². The molecule has 0 saturated carbocycles. The van der Waals surface area contributed by atoms with Crippen molar-refractivity contribution in [2.24, 2.45) is 5.92 Å². The lowest BCUT2D eigenvalue weighted by Crippen LogP contribution is -2.40. The number of benzene rings is 1. The van der Waals surface area contributed by atoms with E-state index in [2.05, 4.69) is 21.2 Å². The average Bonchev–Trinajstić information content (AvgIpc) is 2.42. The molecule has 1 aliphatic rings. The molecule has 1 heterocycles. The number of carbonyl (C=O) groups is 2. The van der Waals surface area contributed by atoms with E-state index in [1.165, 1.54) is 0 Å². The van der Waals surface area contributed by atoms with Gasteiger partial charge in [0.25, 0.3) is 0 Å². The van der Waals surface area contributed by atoms with Crippen LogP contribution in [0.2, 0.25) is 5.02 Å². The van der Waals surface area contributed by atoms with Crippen molar-refractivity contribution in [3.63, 3.8) is 0 Å². The number of halogens is 2. The lowest BCUT2D eigenvalue weighted by Gasteiger charge is -2.30. The zero-order valence-corrected chi connectivity index (χ0v) is 13.5. The minimum atomic E-state index is -0.0645. The molecule has 1 aliphatic heterocycles. The number of likely N-dealkylation sites (tertiary alicyclic amines) is 1. The van der Waals surface area contributed by atoms with E-state index < -0.39 is 0 Å². The van der Waals surface area contributed by atoms with Gasteiger partial charge in [-0.2, -0.15) is 0 Å². The van der Waals surface area contributed by atoms with Crippen molar-refractivity contribution in [2.75, 3.05) is 18.4 Å². The van der Waals surface area contributed by atoms with Crippen LogP contribution >= 0.6 is 27.5 Å². The molecule has 0 radical (unpaired) electrons. The van der Waals surface area contributed by atoms with Gasteiger partial charge >= 0.3 is 0 Å².